The summed E-state index contributed by atoms with van der Waals surface area (Å²) < 4.78 is 26.0. The Morgan fingerprint density at radius 2 is 1.96 bits per heavy atom. The maximum Gasteiger partial charge on any atom is 0.255 e. The van der Waals surface area contributed by atoms with Crippen LogP contribution in [0.15, 0.2) is 47.4 Å². The predicted octanol–water partition coefficient (Wildman–Crippen LogP) is 4.24. The van der Waals surface area contributed by atoms with Gasteiger partial charge in [-0.25, -0.2) is 8.42 Å². The number of rotatable bonds is 4. The summed E-state index contributed by atoms with van der Waals surface area (Å²) in [5, 5.41) is 3.19. The van der Waals surface area contributed by atoms with Crippen molar-refractivity contribution < 1.29 is 13.2 Å². The molecule has 1 N–H and O–H groups in total. The van der Waals surface area contributed by atoms with Crippen molar-refractivity contribution in [2.45, 2.75) is 17.7 Å². The van der Waals surface area contributed by atoms with Crippen molar-refractivity contribution in [1.29, 1.82) is 0 Å². The first-order chi connectivity index (χ1) is 12.4. The number of sulfonamides is 1. The molecule has 1 amide bonds. The summed E-state index contributed by atoms with van der Waals surface area (Å²) in [6.07, 6.45) is 3.35. The number of anilines is 2. The van der Waals surface area contributed by atoms with Crippen molar-refractivity contribution in [3.05, 3.63) is 53.1 Å². The second kappa shape index (κ2) is 7.90. The van der Waals surface area contributed by atoms with Gasteiger partial charge in [0.15, 0.2) is 0 Å². The molecular weight excluding hydrogens is 392 g/mol. The lowest BCUT2D eigenvalue weighted by Crippen LogP contribution is -2.38. The van der Waals surface area contributed by atoms with Gasteiger partial charge in [0.25, 0.3) is 5.91 Å². The molecule has 0 unspecified atom stereocenters. The number of nitrogens with zero attached hydrogens (tertiary/aromatic N) is 1. The lowest BCUT2D eigenvalue weighted by Gasteiger charge is -2.29. The summed E-state index contributed by atoms with van der Waals surface area (Å²) in [7, 11) is -3.40. The average Bonchev–Trinajstić information content (AvgIpc) is 2.62. The van der Waals surface area contributed by atoms with Gasteiger partial charge in [0, 0.05) is 17.0 Å². The van der Waals surface area contributed by atoms with Crippen LogP contribution in [0.3, 0.4) is 0 Å². The summed E-state index contributed by atoms with van der Waals surface area (Å²) in [6, 6.07) is 12.2. The maximum absolute atomic E-state index is 12.7. The molecule has 26 heavy (non-hydrogen) atoms. The third-order valence-electron chi connectivity index (χ3n) is 4.18. The van der Waals surface area contributed by atoms with E-state index in [1.165, 1.54) is 16.1 Å². The zero-order chi connectivity index (χ0) is 18.7. The first kappa shape index (κ1) is 19.1. The van der Waals surface area contributed by atoms with Crippen molar-refractivity contribution in [2.75, 3.05) is 28.2 Å². The molecule has 5 nitrogen and oxygen atoms in total. The highest BCUT2D eigenvalue weighted by Gasteiger charge is 2.28. The summed E-state index contributed by atoms with van der Waals surface area (Å²) >= 11 is 7.77. The van der Waals surface area contributed by atoms with Gasteiger partial charge in [-0.3, -0.25) is 9.10 Å². The van der Waals surface area contributed by atoms with Crippen molar-refractivity contribution >= 4 is 50.7 Å². The third kappa shape index (κ3) is 4.00. The molecule has 1 saturated heterocycles. The van der Waals surface area contributed by atoms with E-state index in [0.717, 1.165) is 11.3 Å². The van der Waals surface area contributed by atoms with Gasteiger partial charge in [0.05, 0.1) is 22.2 Å². The monoisotopic (exact) mass is 410 g/mol. The number of carbonyl (C=O) groups excluding carboxylic acids is 1. The molecule has 2 aromatic rings. The Bertz CT molecular complexity index is 932. The van der Waals surface area contributed by atoms with Crippen LogP contribution < -0.4 is 9.62 Å². The highest BCUT2D eigenvalue weighted by Crippen LogP contribution is 2.32. The molecule has 2 aromatic carbocycles. The molecular formula is C18H19ClN2O3S2. The van der Waals surface area contributed by atoms with Crippen molar-refractivity contribution in [3.63, 3.8) is 0 Å². The first-order valence-corrected chi connectivity index (χ1v) is 11.4. The molecule has 1 fully saturated rings. The van der Waals surface area contributed by atoms with E-state index < -0.39 is 10.0 Å². The van der Waals surface area contributed by atoms with Gasteiger partial charge in [-0.15, -0.1) is 11.8 Å². The van der Waals surface area contributed by atoms with E-state index in [2.05, 4.69) is 5.32 Å². The van der Waals surface area contributed by atoms with Gasteiger partial charge >= 0.3 is 0 Å². The summed E-state index contributed by atoms with van der Waals surface area (Å²) in [6.45, 7) is 0.377. The number of hydrogen-bond donors (Lipinski definition) is 1. The fourth-order valence-electron chi connectivity index (χ4n) is 2.85. The third-order valence-corrected chi connectivity index (χ3v) is 7.15. The summed E-state index contributed by atoms with van der Waals surface area (Å²) in [4.78, 5) is 13.6. The van der Waals surface area contributed by atoms with E-state index in [1.54, 1.807) is 18.2 Å². The normalized spacial score (nSPS) is 16.3. The lowest BCUT2D eigenvalue weighted by atomic mass is 10.1. The number of halogens is 1. The largest absolute Gasteiger partial charge is 0.321 e. The van der Waals surface area contributed by atoms with E-state index in [0.29, 0.717) is 34.9 Å². The fourth-order valence-corrected chi connectivity index (χ4v) is 5.32. The Kier molecular flexibility index (Phi) is 5.79. The molecule has 3 rings (SSSR count). The van der Waals surface area contributed by atoms with Gasteiger partial charge < -0.3 is 5.32 Å². The molecule has 1 aliphatic rings. The number of para-hydroxylation sites is 1. The molecule has 138 valence electrons. The minimum absolute atomic E-state index is 0.0981. The number of amides is 1. The quantitative estimate of drug-likeness (QED) is 0.765. The van der Waals surface area contributed by atoms with E-state index in [9.17, 15) is 13.2 Å². The molecule has 0 saturated carbocycles. The number of hydrogen-bond acceptors (Lipinski definition) is 4. The molecule has 0 atom stereocenters. The minimum atomic E-state index is -3.40. The Labute approximate surface area is 162 Å². The Balaban J connectivity index is 1.91. The number of benzene rings is 2. The number of thioether (sulfide) groups is 1. The standard InChI is InChI=1S/C18H19ClN2O3S2/c1-25-17-7-3-2-6-15(17)20-18(22)13-8-9-14(19)16(12-13)21-10-4-5-11-26(21,23)24/h2-3,6-9,12H,4-5,10-11H2,1H3,(H,20,22). The molecule has 1 aliphatic heterocycles. The zero-order valence-corrected chi connectivity index (χ0v) is 16.6. The van der Waals surface area contributed by atoms with Gasteiger partial charge in [-0.05, 0) is 49.4 Å². The second-order valence-electron chi connectivity index (χ2n) is 5.92. The molecule has 0 bridgehead atoms. The summed E-state index contributed by atoms with van der Waals surface area (Å²) in [5.74, 6) is -0.209. The number of nitrogens with one attached hydrogen (secondary N) is 1. The van der Waals surface area contributed by atoms with Crippen LogP contribution in [-0.4, -0.2) is 32.9 Å². The Morgan fingerprint density at radius 1 is 1.19 bits per heavy atom. The summed E-state index contributed by atoms with van der Waals surface area (Å²) in [5.41, 5.74) is 1.44. The van der Waals surface area contributed by atoms with Crippen LogP contribution in [0.4, 0.5) is 11.4 Å². The maximum atomic E-state index is 12.7. The molecule has 0 aliphatic carbocycles. The SMILES string of the molecule is CSc1ccccc1NC(=O)c1ccc(Cl)c(N2CCCCS2(=O)=O)c1. The second-order valence-corrected chi connectivity index (χ2v) is 9.18. The van der Waals surface area contributed by atoms with E-state index in [4.69, 9.17) is 11.6 Å². The van der Waals surface area contributed by atoms with Crippen molar-refractivity contribution in [2.24, 2.45) is 0 Å². The van der Waals surface area contributed by atoms with Crippen LogP contribution in [0.1, 0.15) is 23.2 Å². The van der Waals surface area contributed by atoms with Gasteiger partial charge in [0.2, 0.25) is 10.0 Å². The van der Waals surface area contributed by atoms with Gasteiger partial charge in [-0.1, -0.05) is 23.7 Å². The highest BCUT2D eigenvalue weighted by atomic mass is 35.5. The van der Waals surface area contributed by atoms with Crippen LogP contribution in [-0.2, 0) is 10.0 Å². The van der Waals surface area contributed by atoms with E-state index >= 15 is 0 Å². The molecule has 0 radical (unpaired) electrons. The zero-order valence-electron chi connectivity index (χ0n) is 14.2. The average molecular weight is 411 g/mol. The smallest absolute Gasteiger partial charge is 0.255 e. The van der Waals surface area contributed by atoms with Crippen molar-refractivity contribution in [3.8, 4) is 0 Å². The van der Waals surface area contributed by atoms with Crippen LogP contribution >= 0.6 is 23.4 Å². The van der Waals surface area contributed by atoms with Gasteiger partial charge in [0.1, 0.15) is 0 Å². The van der Waals surface area contributed by atoms with Crippen molar-refractivity contribution in [1.82, 2.24) is 0 Å². The highest BCUT2D eigenvalue weighted by molar-refractivity contribution is 7.98. The Hall–Kier alpha value is -1.70. The predicted molar refractivity (Wildman–Crippen MR) is 108 cm³/mol. The van der Waals surface area contributed by atoms with Crippen LogP contribution in [0.25, 0.3) is 0 Å². The lowest BCUT2D eigenvalue weighted by molar-refractivity contribution is 0.102. The topological polar surface area (TPSA) is 66.5 Å². The fraction of sp³-hybridized carbons (Fsp3) is 0.278. The van der Waals surface area contributed by atoms with Gasteiger partial charge in [-0.2, -0.15) is 0 Å². The van der Waals surface area contributed by atoms with Crippen LogP contribution in [0.2, 0.25) is 5.02 Å². The van der Waals surface area contributed by atoms with Crippen LogP contribution in [0.5, 0.6) is 0 Å². The Morgan fingerprint density at radius 3 is 2.69 bits per heavy atom. The molecule has 0 spiro atoms. The van der Waals surface area contributed by atoms with E-state index in [-0.39, 0.29) is 11.7 Å². The number of carbonyl (C=O) groups is 1. The first-order valence-electron chi connectivity index (χ1n) is 8.17. The molecule has 1 heterocycles. The minimum Gasteiger partial charge on any atom is -0.321 e. The molecule has 0 aromatic heterocycles. The molecule has 8 heteroatoms. The van der Waals surface area contributed by atoms with E-state index in [1.807, 2.05) is 30.5 Å². The van der Waals surface area contributed by atoms with Crippen LogP contribution in [0, 0.1) is 0 Å².